The third-order valence-electron chi connectivity index (χ3n) is 4.18. The van der Waals surface area contributed by atoms with E-state index >= 15 is 0 Å². The zero-order valence-electron chi connectivity index (χ0n) is 15.4. The van der Waals surface area contributed by atoms with Crippen LogP contribution in [0.4, 0.5) is 0 Å². The number of ether oxygens (including phenoxy) is 3. The number of hydrogen-bond donors (Lipinski definition) is 2. The van der Waals surface area contributed by atoms with Crippen LogP contribution in [0.3, 0.4) is 0 Å². The number of aliphatic imine (C=N–C) groups is 1. The molecule has 0 amide bonds. The number of para-hydroxylation sites is 1. The molecule has 0 aliphatic carbocycles. The number of nitrogens with zero attached hydrogens (tertiary/aromatic N) is 1. The second-order valence-corrected chi connectivity index (χ2v) is 6.02. The molecule has 1 aliphatic heterocycles. The maximum Gasteiger partial charge on any atom is 0.189 e. The van der Waals surface area contributed by atoms with Crippen LogP contribution < -0.4 is 25.3 Å². The van der Waals surface area contributed by atoms with Crippen LogP contribution in [-0.2, 0) is 0 Å². The number of guanidine groups is 1. The zero-order valence-corrected chi connectivity index (χ0v) is 17.7. The molecule has 2 aromatic carbocycles. The van der Waals surface area contributed by atoms with Crippen molar-refractivity contribution in [3.63, 3.8) is 0 Å². The molecule has 0 radical (unpaired) electrons. The van der Waals surface area contributed by atoms with E-state index in [0.717, 1.165) is 35.7 Å². The maximum absolute atomic E-state index is 6.03. The lowest BCUT2D eigenvalue weighted by atomic mass is 10.0. The number of nitrogens with one attached hydrogen (secondary N) is 1. The summed E-state index contributed by atoms with van der Waals surface area (Å²) in [4.78, 5) is 4.39. The van der Waals surface area contributed by atoms with Crippen molar-refractivity contribution in [1.29, 1.82) is 0 Å². The van der Waals surface area contributed by atoms with Crippen molar-refractivity contribution in [2.75, 3.05) is 26.9 Å². The smallest absolute Gasteiger partial charge is 0.189 e. The molecule has 1 atom stereocenters. The van der Waals surface area contributed by atoms with E-state index in [9.17, 15) is 0 Å². The Hall–Kier alpha value is -2.16. The highest BCUT2D eigenvalue weighted by Crippen LogP contribution is 2.31. The fraction of sp³-hybridized carbons (Fsp3) is 0.350. The van der Waals surface area contributed by atoms with Crippen LogP contribution in [0, 0.1) is 0 Å². The van der Waals surface area contributed by atoms with Crippen molar-refractivity contribution < 1.29 is 14.2 Å². The van der Waals surface area contributed by atoms with Crippen molar-refractivity contribution >= 4 is 29.9 Å². The molecule has 0 saturated carbocycles. The van der Waals surface area contributed by atoms with Crippen LogP contribution in [0.15, 0.2) is 53.5 Å². The second kappa shape index (κ2) is 10.9. The van der Waals surface area contributed by atoms with Crippen LogP contribution >= 0.6 is 24.0 Å². The van der Waals surface area contributed by atoms with Gasteiger partial charge in [-0.2, -0.15) is 0 Å². The summed E-state index contributed by atoms with van der Waals surface area (Å²) >= 11 is 0. The molecule has 2 aromatic rings. The SMILES string of the molecule is COc1cccc(OCCCN=C(N)NC2CCOc3ccccc32)c1.I. The summed E-state index contributed by atoms with van der Waals surface area (Å²) in [6.07, 6.45) is 1.65. The first kappa shape index (κ1) is 21.1. The van der Waals surface area contributed by atoms with Crippen LogP contribution in [-0.4, -0.2) is 32.8 Å². The number of nitrogens with two attached hydrogens (primary N) is 1. The lowest BCUT2D eigenvalue weighted by Gasteiger charge is -2.26. The molecule has 0 saturated heterocycles. The standard InChI is InChI=1S/C20H25N3O3.HI/c1-24-15-6-4-7-16(14-15)25-12-5-11-22-20(21)23-18-10-13-26-19-9-3-2-8-17(18)19;/h2-4,6-9,14,18H,5,10-13H2,1H3,(H3,21,22,23);1H. The summed E-state index contributed by atoms with van der Waals surface area (Å²) in [5.74, 6) is 2.94. The molecular weight excluding hydrogens is 457 g/mol. The Labute approximate surface area is 177 Å². The van der Waals surface area contributed by atoms with Crippen molar-refractivity contribution in [3.05, 3.63) is 54.1 Å². The van der Waals surface area contributed by atoms with Crippen LogP contribution in [0.1, 0.15) is 24.4 Å². The van der Waals surface area contributed by atoms with E-state index in [4.69, 9.17) is 19.9 Å². The minimum absolute atomic E-state index is 0. The highest BCUT2D eigenvalue weighted by molar-refractivity contribution is 14.0. The number of hydrogen-bond acceptors (Lipinski definition) is 4. The quantitative estimate of drug-likeness (QED) is 0.273. The van der Waals surface area contributed by atoms with E-state index in [1.54, 1.807) is 7.11 Å². The lowest BCUT2D eigenvalue weighted by molar-refractivity contribution is 0.262. The highest BCUT2D eigenvalue weighted by Gasteiger charge is 2.21. The van der Waals surface area contributed by atoms with E-state index in [-0.39, 0.29) is 30.0 Å². The summed E-state index contributed by atoms with van der Waals surface area (Å²) < 4.78 is 16.5. The number of halogens is 1. The Kier molecular flexibility index (Phi) is 8.50. The van der Waals surface area contributed by atoms with Gasteiger partial charge >= 0.3 is 0 Å². The molecule has 7 heteroatoms. The van der Waals surface area contributed by atoms with E-state index in [1.807, 2.05) is 42.5 Å². The first-order chi connectivity index (χ1) is 12.8. The molecule has 6 nitrogen and oxygen atoms in total. The second-order valence-electron chi connectivity index (χ2n) is 6.02. The van der Waals surface area contributed by atoms with Crippen molar-refractivity contribution in [2.24, 2.45) is 10.7 Å². The van der Waals surface area contributed by atoms with Crippen molar-refractivity contribution in [3.8, 4) is 17.2 Å². The van der Waals surface area contributed by atoms with Crippen LogP contribution in [0.2, 0.25) is 0 Å². The van der Waals surface area contributed by atoms with Gasteiger partial charge in [-0.15, -0.1) is 24.0 Å². The Morgan fingerprint density at radius 2 is 2.04 bits per heavy atom. The number of rotatable bonds is 7. The average Bonchev–Trinajstić information content (AvgIpc) is 2.68. The highest BCUT2D eigenvalue weighted by atomic mass is 127. The van der Waals surface area contributed by atoms with Gasteiger partial charge in [0.25, 0.3) is 0 Å². The summed E-state index contributed by atoms with van der Waals surface area (Å²) in [6, 6.07) is 15.7. The summed E-state index contributed by atoms with van der Waals surface area (Å²) in [6.45, 7) is 1.86. The lowest BCUT2D eigenvalue weighted by Crippen LogP contribution is -2.37. The fourth-order valence-corrected chi connectivity index (χ4v) is 2.86. The van der Waals surface area contributed by atoms with Gasteiger partial charge in [0, 0.05) is 31.0 Å². The van der Waals surface area contributed by atoms with Gasteiger partial charge in [0.15, 0.2) is 5.96 Å². The third kappa shape index (κ3) is 6.20. The molecule has 0 fully saturated rings. The topological polar surface area (TPSA) is 78.1 Å². The van der Waals surface area contributed by atoms with E-state index in [0.29, 0.717) is 25.7 Å². The molecule has 1 unspecified atom stereocenters. The predicted molar refractivity (Wildman–Crippen MR) is 117 cm³/mol. The fourth-order valence-electron chi connectivity index (χ4n) is 2.86. The molecule has 0 bridgehead atoms. The van der Waals surface area contributed by atoms with Gasteiger partial charge in [-0.25, -0.2) is 0 Å². The summed E-state index contributed by atoms with van der Waals surface area (Å²) in [5.41, 5.74) is 7.16. The Morgan fingerprint density at radius 3 is 2.89 bits per heavy atom. The van der Waals surface area contributed by atoms with Crippen molar-refractivity contribution in [2.45, 2.75) is 18.9 Å². The summed E-state index contributed by atoms with van der Waals surface area (Å²) in [5, 5.41) is 3.29. The summed E-state index contributed by atoms with van der Waals surface area (Å²) in [7, 11) is 1.64. The van der Waals surface area contributed by atoms with Gasteiger partial charge in [-0.1, -0.05) is 24.3 Å². The molecule has 146 valence electrons. The van der Waals surface area contributed by atoms with Gasteiger partial charge in [0.05, 0.1) is 26.4 Å². The molecule has 3 N–H and O–H groups in total. The molecule has 0 spiro atoms. The monoisotopic (exact) mass is 483 g/mol. The normalized spacial score (nSPS) is 15.7. The molecule has 1 heterocycles. The zero-order chi connectivity index (χ0) is 18.2. The minimum atomic E-state index is 0. The molecule has 27 heavy (non-hydrogen) atoms. The minimum Gasteiger partial charge on any atom is -0.497 e. The molecule has 1 aliphatic rings. The molecule has 3 rings (SSSR count). The largest absolute Gasteiger partial charge is 0.497 e. The molecular formula is C20H26IN3O3. The van der Waals surface area contributed by atoms with Gasteiger partial charge in [0.1, 0.15) is 17.2 Å². The third-order valence-corrected chi connectivity index (χ3v) is 4.18. The predicted octanol–water partition coefficient (Wildman–Crippen LogP) is 3.51. The van der Waals surface area contributed by atoms with E-state index < -0.39 is 0 Å². The van der Waals surface area contributed by atoms with E-state index in [2.05, 4.69) is 16.4 Å². The number of benzene rings is 2. The molecule has 0 aromatic heterocycles. The van der Waals surface area contributed by atoms with Crippen molar-refractivity contribution in [1.82, 2.24) is 5.32 Å². The van der Waals surface area contributed by atoms with Crippen LogP contribution in [0.25, 0.3) is 0 Å². The number of fused-ring (bicyclic) bond motifs is 1. The Morgan fingerprint density at radius 1 is 1.22 bits per heavy atom. The van der Waals surface area contributed by atoms with Gasteiger partial charge in [-0.3, -0.25) is 4.99 Å². The van der Waals surface area contributed by atoms with Gasteiger partial charge in [0.2, 0.25) is 0 Å². The van der Waals surface area contributed by atoms with Crippen LogP contribution in [0.5, 0.6) is 17.2 Å². The maximum atomic E-state index is 6.03. The van der Waals surface area contributed by atoms with Gasteiger partial charge < -0.3 is 25.3 Å². The first-order valence-electron chi connectivity index (χ1n) is 8.81. The first-order valence-corrected chi connectivity index (χ1v) is 8.81. The number of methoxy groups -OCH3 is 1. The Bertz CT molecular complexity index is 755. The van der Waals surface area contributed by atoms with E-state index in [1.165, 1.54) is 0 Å². The Balaban J connectivity index is 0.00000261. The van der Waals surface area contributed by atoms with Gasteiger partial charge in [-0.05, 0) is 18.2 Å². The average molecular weight is 483 g/mol.